The fraction of sp³-hybridized carbons (Fsp3) is 0.176. The summed E-state index contributed by atoms with van der Waals surface area (Å²) in [4.78, 5) is 11.8. The lowest BCUT2D eigenvalue weighted by atomic mass is 10.1. The van der Waals surface area contributed by atoms with E-state index in [-0.39, 0.29) is 12.5 Å². The first-order valence-corrected chi connectivity index (χ1v) is 7.33. The molecule has 0 radical (unpaired) electrons. The van der Waals surface area contributed by atoms with Crippen LogP contribution in [0.3, 0.4) is 0 Å². The highest BCUT2D eigenvalue weighted by Crippen LogP contribution is 2.25. The lowest BCUT2D eigenvalue weighted by Gasteiger charge is -2.09. The lowest BCUT2D eigenvalue weighted by Crippen LogP contribution is -2.25. The monoisotopic (exact) mass is 332 g/mol. The van der Waals surface area contributed by atoms with E-state index in [1.165, 1.54) is 0 Å². The Labute approximate surface area is 139 Å². The predicted octanol–water partition coefficient (Wildman–Crippen LogP) is 3.27. The van der Waals surface area contributed by atoms with Crippen LogP contribution >= 0.6 is 11.6 Å². The van der Waals surface area contributed by atoms with Gasteiger partial charge in [0.15, 0.2) is 18.1 Å². The number of carbonyl (C=O) groups is 1. The highest BCUT2D eigenvalue weighted by Gasteiger charge is 2.07. The van der Waals surface area contributed by atoms with Gasteiger partial charge in [-0.1, -0.05) is 41.9 Å². The van der Waals surface area contributed by atoms with E-state index in [2.05, 4.69) is 10.5 Å². The predicted molar refractivity (Wildman–Crippen MR) is 90.3 cm³/mol. The number of hydrogen-bond acceptors (Lipinski definition) is 4. The zero-order chi connectivity index (χ0) is 16.7. The molecule has 0 spiro atoms. The third-order valence-electron chi connectivity index (χ3n) is 3.04. The summed E-state index contributed by atoms with van der Waals surface area (Å²) < 4.78 is 10.6. The molecule has 23 heavy (non-hydrogen) atoms. The van der Waals surface area contributed by atoms with Gasteiger partial charge in [-0.15, -0.1) is 0 Å². The average Bonchev–Trinajstić information content (AvgIpc) is 2.58. The van der Waals surface area contributed by atoms with Crippen LogP contribution in [-0.2, 0) is 4.79 Å². The van der Waals surface area contributed by atoms with Crippen molar-refractivity contribution in [1.29, 1.82) is 0 Å². The van der Waals surface area contributed by atoms with Gasteiger partial charge in [0.1, 0.15) is 0 Å². The highest BCUT2D eigenvalue weighted by molar-refractivity contribution is 6.34. The quantitative estimate of drug-likeness (QED) is 0.652. The van der Waals surface area contributed by atoms with Crippen LogP contribution in [0.15, 0.2) is 53.6 Å². The number of hydrazone groups is 1. The number of ether oxygens (including phenoxy) is 2. The summed E-state index contributed by atoms with van der Waals surface area (Å²) in [5.74, 6) is 0.690. The van der Waals surface area contributed by atoms with Crippen molar-refractivity contribution in [3.8, 4) is 11.5 Å². The third kappa shape index (κ3) is 4.72. The second kappa shape index (κ2) is 8.19. The van der Waals surface area contributed by atoms with Gasteiger partial charge in [0, 0.05) is 10.6 Å². The van der Waals surface area contributed by atoms with Gasteiger partial charge >= 0.3 is 0 Å². The van der Waals surface area contributed by atoms with Crippen molar-refractivity contribution in [2.24, 2.45) is 5.10 Å². The zero-order valence-electron chi connectivity index (χ0n) is 12.9. The maximum Gasteiger partial charge on any atom is 0.277 e. The molecular formula is C17H17ClN2O3. The summed E-state index contributed by atoms with van der Waals surface area (Å²) in [6.07, 6.45) is 0. The summed E-state index contributed by atoms with van der Waals surface area (Å²) in [6.45, 7) is 1.60. The van der Waals surface area contributed by atoms with Gasteiger partial charge in [-0.25, -0.2) is 5.43 Å². The molecule has 120 valence electrons. The molecular weight excluding hydrogens is 316 g/mol. The van der Waals surface area contributed by atoms with Crippen LogP contribution < -0.4 is 14.9 Å². The van der Waals surface area contributed by atoms with E-state index in [4.69, 9.17) is 21.1 Å². The molecule has 0 atom stereocenters. The summed E-state index contributed by atoms with van der Waals surface area (Å²) in [7, 11) is 1.54. The van der Waals surface area contributed by atoms with Crippen LogP contribution in [0.25, 0.3) is 0 Å². The molecule has 0 aliphatic rings. The Morgan fingerprint density at radius 1 is 1.13 bits per heavy atom. The number of halogens is 1. The topological polar surface area (TPSA) is 59.9 Å². The van der Waals surface area contributed by atoms with Gasteiger partial charge in [0.2, 0.25) is 0 Å². The summed E-state index contributed by atoms with van der Waals surface area (Å²) in [6, 6.07) is 14.4. The highest BCUT2D eigenvalue weighted by atomic mass is 35.5. The maximum absolute atomic E-state index is 11.8. The number of rotatable bonds is 6. The molecule has 5 nitrogen and oxygen atoms in total. The smallest absolute Gasteiger partial charge is 0.277 e. The molecule has 1 N–H and O–H groups in total. The average molecular weight is 333 g/mol. The Balaban J connectivity index is 1.92. The van der Waals surface area contributed by atoms with Crippen LogP contribution in [0, 0.1) is 0 Å². The second-order valence-electron chi connectivity index (χ2n) is 4.65. The second-order valence-corrected chi connectivity index (χ2v) is 5.06. The van der Waals surface area contributed by atoms with Crippen molar-refractivity contribution in [3.05, 3.63) is 59.1 Å². The zero-order valence-corrected chi connectivity index (χ0v) is 13.6. The van der Waals surface area contributed by atoms with E-state index in [9.17, 15) is 4.79 Å². The third-order valence-corrected chi connectivity index (χ3v) is 3.37. The molecule has 2 rings (SSSR count). The van der Waals surface area contributed by atoms with E-state index >= 15 is 0 Å². The standard InChI is InChI=1S/C17H17ClN2O3/c1-12(13-7-3-4-8-14(13)18)19-20-17(21)11-23-16-10-6-5-9-15(16)22-2/h3-10H,11H2,1-2H3,(H,20,21)/b19-12-. The number of benzene rings is 2. The van der Waals surface area contributed by atoms with Crippen molar-refractivity contribution >= 4 is 23.2 Å². The minimum Gasteiger partial charge on any atom is -0.493 e. The van der Waals surface area contributed by atoms with Crippen molar-refractivity contribution in [3.63, 3.8) is 0 Å². The molecule has 6 heteroatoms. The molecule has 1 amide bonds. The van der Waals surface area contributed by atoms with Gasteiger partial charge in [-0.3, -0.25) is 4.79 Å². The number of nitrogens with one attached hydrogen (secondary N) is 1. The SMILES string of the molecule is COc1ccccc1OCC(=O)N/N=C(/C)c1ccccc1Cl. The van der Waals surface area contributed by atoms with Gasteiger partial charge in [0.25, 0.3) is 5.91 Å². The number of nitrogens with zero attached hydrogens (tertiary/aromatic N) is 1. The number of carbonyl (C=O) groups excluding carboxylic acids is 1. The van der Waals surface area contributed by atoms with Gasteiger partial charge in [0.05, 0.1) is 12.8 Å². The van der Waals surface area contributed by atoms with Crippen LogP contribution in [0.5, 0.6) is 11.5 Å². The van der Waals surface area contributed by atoms with Crippen molar-refractivity contribution in [2.75, 3.05) is 13.7 Å². The number of methoxy groups -OCH3 is 1. The van der Waals surface area contributed by atoms with Gasteiger partial charge in [-0.05, 0) is 25.1 Å². The molecule has 2 aromatic carbocycles. The molecule has 0 unspecified atom stereocenters. The summed E-state index contributed by atoms with van der Waals surface area (Å²) in [5, 5.41) is 4.61. The van der Waals surface area contributed by atoms with Crippen molar-refractivity contribution < 1.29 is 14.3 Å². The Morgan fingerprint density at radius 2 is 1.78 bits per heavy atom. The molecule has 0 aliphatic carbocycles. The largest absolute Gasteiger partial charge is 0.493 e. The van der Waals surface area contributed by atoms with Crippen molar-refractivity contribution in [1.82, 2.24) is 5.43 Å². The summed E-state index contributed by atoms with van der Waals surface area (Å²) >= 11 is 6.08. The van der Waals surface area contributed by atoms with Crippen LogP contribution in [0.4, 0.5) is 0 Å². The fourth-order valence-corrected chi connectivity index (χ4v) is 2.15. The van der Waals surface area contributed by atoms with E-state index in [1.54, 1.807) is 38.3 Å². The fourth-order valence-electron chi connectivity index (χ4n) is 1.87. The Kier molecular flexibility index (Phi) is 6.00. The first-order valence-electron chi connectivity index (χ1n) is 6.95. The first kappa shape index (κ1) is 16.8. The first-order chi connectivity index (χ1) is 11.1. The lowest BCUT2D eigenvalue weighted by molar-refractivity contribution is -0.123. The molecule has 0 fully saturated rings. The Bertz CT molecular complexity index is 716. The number of hydrogen-bond donors (Lipinski definition) is 1. The molecule has 0 bridgehead atoms. The maximum atomic E-state index is 11.8. The van der Waals surface area contributed by atoms with Gasteiger partial charge in [-0.2, -0.15) is 5.10 Å². The minimum atomic E-state index is -0.373. The van der Waals surface area contributed by atoms with E-state index < -0.39 is 0 Å². The van der Waals surface area contributed by atoms with Crippen LogP contribution in [-0.4, -0.2) is 25.3 Å². The van der Waals surface area contributed by atoms with Gasteiger partial charge < -0.3 is 9.47 Å². The number of amides is 1. The number of para-hydroxylation sites is 2. The summed E-state index contributed by atoms with van der Waals surface area (Å²) in [5.41, 5.74) is 3.82. The molecule has 0 heterocycles. The van der Waals surface area contributed by atoms with E-state index in [0.717, 1.165) is 5.56 Å². The normalized spacial score (nSPS) is 11.0. The molecule has 0 aromatic heterocycles. The molecule has 0 aliphatic heterocycles. The Morgan fingerprint density at radius 3 is 2.48 bits per heavy atom. The van der Waals surface area contributed by atoms with Crippen LogP contribution in [0.1, 0.15) is 12.5 Å². The molecule has 2 aromatic rings. The van der Waals surface area contributed by atoms with E-state index in [0.29, 0.717) is 22.2 Å². The molecule has 0 saturated carbocycles. The molecule has 0 saturated heterocycles. The van der Waals surface area contributed by atoms with Crippen molar-refractivity contribution in [2.45, 2.75) is 6.92 Å². The van der Waals surface area contributed by atoms with Crippen LogP contribution in [0.2, 0.25) is 5.02 Å². The minimum absolute atomic E-state index is 0.167. The van der Waals surface area contributed by atoms with E-state index in [1.807, 2.05) is 24.3 Å². The Hall–Kier alpha value is -2.53.